The van der Waals surface area contributed by atoms with E-state index < -0.39 is 30.1 Å². The van der Waals surface area contributed by atoms with Gasteiger partial charge in [0.2, 0.25) is 11.6 Å². The number of halogens is 3. The summed E-state index contributed by atoms with van der Waals surface area (Å²) in [5.74, 6) is -1.78. The number of carbonyl (C=O) groups is 1. The summed E-state index contributed by atoms with van der Waals surface area (Å²) in [6.45, 7) is 0. The maximum atomic E-state index is 12.5. The van der Waals surface area contributed by atoms with Crippen molar-refractivity contribution in [3.05, 3.63) is 35.9 Å². The molecule has 2 atom stereocenters. The molecule has 92 valence electrons. The summed E-state index contributed by atoms with van der Waals surface area (Å²) < 4.78 is 37.6. The van der Waals surface area contributed by atoms with E-state index >= 15 is 0 Å². The van der Waals surface area contributed by atoms with Gasteiger partial charge in [-0.3, -0.25) is 4.79 Å². The predicted octanol–water partition coefficient (Wildman–Crippen LogP) is 1.54. The van der Waals surface area contributed by atoms with Crippen molar-refractivity contribution in [1.29, 1.82) is 0 Å². The van der Waals surface area contributed by atoms with Gasteiger partial charge < -0.3 is 10.4 Å². The molecule has 0 aliphatic carbocycles. The van der Waals surface area contributed by atoms with E-state index in [0.29, 0.717) is 5.56 Å². The molecular weight excluding hydrogens is 235 g/mol. The molecule has 1 fully saturated rings. The highest BCUT2D eigenvalue weighted by atomic mass is 19.4. The molecule has 1 aromatic carbocycles. The molecular formula is C11H10F3NO2. The Labute approximate surface area is 95.3 Å². The largest absolute Gasteiger partial charge is 0.436 e. The lowest BCUT2D eigenvalue weighted by molar-refractivity contribution is -0.266. The van der Waals surface area contributed by atoms with Crippen LogP contribution in [0.25, 0.3) is 0 Å². The third-order valence-corrected chi connectivity index (χ3v) is 2.82. The molecule has 1 heterocycles. The van der Waals surface area contributed by atoms with Gasteiger partial charge in [0.25, 0.3) is 0 Å². The monoisotopic (exact) mass is 245 g/mol. The van der Waals surface area contributed by atoms with Crippen molar-refractivity contribution in [3.63, 3.8) is 0 Å². The third-order valence-electron chi connectivity index (χ3n) is 2.82. The Morgan fingerprint density at radius 3 is 2.35 bits per heavy atom. The van der Waals surface area contributed by atoms with Crippen LogP contribution < -0.4 is 5.32 Å². The number of hydrogen-bond acceptors (Lipinski definition) is 2. The number of rotatable bonds is 1. The molecule has 2 N–H and O–H groups in total. The molecule has 0 radical (unpaired) electrons. The quantitative estimate of drug-likeness (QED) is 0.788. The second kappa shape index (κ2) is 3.73. The average Bonchev–Trinajstić information content (AvgIpc) is 2.56. The van der Waals surface area contributed by atoms with E-state index in [9.17, 15) is 23.1 Å². The minimum absolute atomic E-state index is 0.463. The highest BCUT2D eigenvalue weighted by Gasteiger charge is 2.60. The van der Waals surface area contributed by atoms with Gasteiger partial charge in [-0.25, -0.2) is 0 Å². The lowest BCUT2D eigenvalue weighted by Gasteiger charge is -2.25. The number of nitrogens with one attached hydrogen (secondary N) is 1. The van der Waals surface area contributed by atoms with Gasteiger partial charge >= 0.3 is 6.18 Å². The third kappa shape index (κ3) is 2.00. The van der Waals surface area contributed by atoms with Crippen molar-refractivity contribution in [3.8, 4) is 0 Å². The van der Waals surface area contributed by atoms with Crippen molar-refractivity contribution in [1.82, 2.24) is 5.32 Å². The second-order valence-corrected chi connectivity index (χ2v) is 4.01. The maximum Gasteiger partial charge on any atom is 0.436 e. The first-order valence-corrected chi connectivity index (χ1v) is 4.99. The molecule has 0 bridgehead atoms. The molecule has 6 heteroatoms. The van der Waals surface area contributed by atoms with Gasteiger partial charge in [0.15, 0.2) is 0 Å². The van der Waals surface area contributed by atoms with E-state index in [2.05, 4.69) is 0 Å². The SMILES string of the molecule is O=C1N[C@](O)(C(F)(F)F)C[C@H]1c1ccccc1. The summed E-state index contributed by atoms with van der Waals surface area (Å²) in [6.07, 6.45) is -5.56. The predicted molar refractivity (Wildman–Crippen MR) is 52.9 cm³/mol. The van der Waals surface area contributed by atoms with E-state index in [-0.39, 0.29) is 0 Å². The van der Waals surface area contributed by atoms with Gasteiger partial charge in [0.1, 0.15) is 0 Å². The molecule has 1 aliphatic rings. The molecule has 0 spiro atoms. The molecule has 3 nitrogen and oxygen atoms in total. The zero-order chi connectivity index (χ0) is 12.7. The summed E-state index contributed by atoms with van der Waals surface area (Å²) in [7, 11) is 0. The average molecular weight is 245 g/mol. The fraction of sp³-hybridized carbons (Fsp3) is 0.364. The Morgan fingerprint density at radius 2 is 1.88 bits per heavy atom. The number of alkyl halides is 3. The Kier molecular flexibility index (Phi) is 2.61. The van der Waals surface area contributed by atoms with Crippen molar-refractivity contribution in [2.45, 2.75) is 24.2 Å². The van der Waals surface area contributed by atoms with Gasteiger partial charge in [-0.1, -0.05) is 30.3 Å². The Bertz CT molecular complexity index is 432. The zero-order valence-corrected chi connectivity index (χ0v) is 8.66. The van der Waals surface area contributed by atoms with E-state index in [1.54, 1.807) is 35.6 Å². The molecule has 1 saturated heterocycles. The minimum Gasteiger partial charge on any atom is -0.363 e. The number of benzene rings is 1. The Hall–Kier alpha value is -1.56. The fourth-order valence-electron chi connectivity index (χ4n) is 1.87. The summed E-state index contributed by atoms with van der Waals surface area (Å²) in [6, 6.07) is 8.09. The Morgan fingerprint density at radius 1 is 1.29 bits per heavy atom. The normalized spacial score (nSPS) is 29.2. The van der Waals surface area contributed by atoms with E-state index in [1.807, 2.05) is 0 Å². The number of amides is 1. The van der Waals surface area contributed by atoms with Crippen molar-refractivity contribution in [2.24, 2.45) is 0 Å². The van der Waals surface area contributed by atoms with Crippen molar-refractivity contribution in [2.75, 3.05) is 0 Å². The van der Waals surface area contributed by atoms with E-state index in [4.69, 9.17) is 0 Å². The van der Waals surface area contributed by atoms with Crippen LogP contribution in [0, 0.1) is 0 Å². The molecule has 2 rings (SSSR count). The molecule has 1 aromatic rings. The summed E-state index contributed by atoms with van der Waals surface area (Å²) >= 11 is 0. The first-order valence-electron chi connectivity index (χ1n) is 4.99. The Balaban J connectivity index is 2.28. The summed E-state index contributed by atoms with van der Waals surface area (Å²) in [5, 5.41) is 11.0. The number of aliphatic hydroxyl groups is 1. The summed E-state index contributed by atoms with van der Waals surface area (Å²) in [4.78, 5) is 11.5. The lowest BCUT2D eigenvalue weighted by Crippen LogP contribution is -2.53. The van der Waals surface area contributed by atoms with Gasteiger partial charge in [-0.05, 0) is 5.56 Å². The van der Waals surface area contributed by atoms with Crippen LogP contribution in [0.5, 0.6) is 0 Å². The smallest absolute Gasteiger partial charge is 0.363 e. The lowest BCUT2D eigenvalue weighted by atomic mass is 9.94. The fourth-order valence-corrected chi connectivity index (χ4v) is 1.87. The van der Waals surface area contributed by atoms with E-state index in [0.717, 1.165) is 0 Å². The van der Waals surface area contributed by atoms with Crippen LogP contribution >= 0.6 is 0 Å². The molecule has 1 aliphatic heterocycles. The van der Waals surface area contributed by atoms with Gasteiger partial charge in [0, 0.05) is 6.42 Å². The summed E-state index contributed by atoms with van der Waals surface area (Å²) in [5.41, 5.74) is -2.66. The van der Waals surface area contributed by atoms with E-state index in [1.165, 1.54) is 0 Å². The van der Waals surface area contributed by atoms with Crippen LogP contribution in [-0.2, 0) is 4.79 Å². The topological polar surface area (TPSA) is 49.3 Å². The standard InChI is InChI=1S/C11H10F3NO2/c12-11(13,14)10(17)6-8(9(16)15-10)7-4-2-1-3-5-7/h1-5,8,17H,6H2,(H,15,16)/t8-,10+/m0/s1. The molecule has 1 amide bonds. The molecule has 0 unspecified atom stereocenters. The van der Waals surface area contributed by atoms with Crippen LogP contribution in [0.3, 0.4) is 0 Å². The van der Waals surface area contributed by atoms with Crippen LogP contribution in [0.2, 0.25) is 0 Å². The number of hydrogen-bond donors (Lipinski definition) is 2. The van der Waals surface area contributed by atoms with Crippen LogP contribution in [0.1, 0.15) is 17.9 Å². The van der Waals surface area contributed by atoms with Gasteiger partial charge in [-0.15, -0.1) is 0 Å². The highest BCUT2D eigenvalue weighted by molar-refractivity contribution is 5.86. The zero-order valence-electron chi connectivity index (χ0n) is 8.66. The highest BCUT2D eigenvalue weighted by Crippen LogP contribution is 2.41. The molecule has 0 aromatic heterocycles. The van der Waals surface area contributed by atoms with Gasteiger partial charge in [0.05, 0.1) is 5.92 Å². The van der Waals surface area contributed by atoms with Crippen LogP contribution in [-0.4, -0.2) is 22.9 Å². The molecule has 0 saturated carbocycles. The maximum absolute atomic E-state index is 12.5. The van der Waals surface area contributed by atoms with Crippen molar-refractivity contribution >= 4 is 5.91 Å². The van der Waals surface area contributed by atoms with Crippen molar-refractivity contribution < 1.29 is 23.1 Å². The van der Waals surface area contributed by atoms with Gasteiger partial charge in [-0.2, -0.15) is 13.2 Å². The number of carbonyl (C=O) groups excluding carboxylic acids is 1. The van der Waals surface area contributed by atoms with Crippen LogP contribution in [0.15, 0.2) is 30.3 Å². The first-order chi connectivity index (χ1) is 7.83. The minimum atomic E-state index is -4.87. The van der Waals surface area contributed by atoms with Crippen LogP contribution in [0.4, 0.5) is 13.2 Å². The second-order valence-electron chi connectivity index (χ2n) is 4.01. The first kappa shape index (κ1) is 11.9. The molecule has 17 heavy (non-hydrogen) atoms.